The maximum atomic E-state index is 11.4. The van der Waals surface area contributed by atoms with E-state index < -0.39 is 0 Å². The minimum absolute atomic E-state index is 0.0124. The second-order valence-electron chi connectivity index (χ2n) is 5.90. The summed E-state index contributed by atoms with van der Waals surface area (Å²) in [6, 6.07) is 0. The highest BCUT2D eigenvalue weighted by atomic mass is 16.5. The van der Waals surface area contributed by atoms with Crippen LogP contribution in [0.25, 0.3) is 0 Å². The Hall–Kier alpha value is -0.830. The fourth-order valence-electron chi connectivity index (χ4n) is 3.18. The van der Waals surface area contributed by atoms with Crippen molar-refractivity contribution in [3.8, 4) is 0 Å². The maximum absolute atomic E-state index is 11.4. The molecule has 0 radical (unpaired) electrons. The second kappa shape index (κ2) is 5.04. The number of fused-ring (bicyclic) bond motifs is 2. The quantitative estimate of drug-likeness (QED) is 0.572. The molecular weight excluding hydrogens is 228 g/mol. The molecule has 0 aromatic rings. The Morgan fingerprint density at radius 3 is 2.94 bits per heavy atom. The molecule has 2 bridgehead atoms. The highest BCUT2D eigenvalue weighted by molar-refractivity contribution is 5.68. The minimum Gasteiger partial charge on any atom is -0.465 e. The van der Waals surface area contributed by atoms with Crippen LogP contribution in [0.1, 0.15) is 40.5 Å². The third-order valence-corrected chi connectivity index (χ3v) is 4.70. The van der Waals surface area contributed by atoms with E-state index in [1.165, 1.54) is 5.57 Å². The van der Waals surface area contributed by atoms with Gasteiger partial charge in [0.1, 0.15) is 0 Å². The summed E-state index contributed by atoms with van der Waals surface area (Å²) in [5, 5.41) is 0. The number of esters is 1. The third kappa shape index (κ3) is 2.33. The van der Waals surface area contributed by atoms with Crippen molar-refractivity contribution in [3.63, 3.8) is 0 Å². The molecule has 3 heteroatoms. The van der Waals surface area contributed by atoms with E-state index in [1.54, 1.807) is 0 Å². The summed E-state index contributed by atoms with van der Waals surface area (Å²) >= 11 is 0. The molecule has 1 aliphatic heterocycles. The molecule has 102 valence electrons. The molecular formula is C15H24O3. The van der Waals surface area contributed by atoms with Crippen LogP contribution in [0.3, 0.4) is 0 Å². The van der Waals surface area contributed by atoms with E-state index in [1.807, 2.05) is 6.92 Å². The second-order valence-corrected chi connectivity index (χ2v) is 5.90. The molecule has 0 unspecified atom stereocenters. The van der Waals surface area contributed by atoms with Gasteiger partial charge in [-0.2, -0.15) is 0 Å². The lowest BCUT2D eigenvalue weighted by Gasteiger charge is -2.49. The topological polar surface area (TPSA) is 35.5 Å². The van der Waals surface area contributed by atoms with Crippen LogP contribution in [-0.4, -0.2) is 25.3 Å². The minimum atomic E-state index is -0.113. The smallest absolute Gasteiger partial charge is 0.305 e. The predicted octanol–water partition coefficient (Wildman–Crippen LogP) is 2.95. The molecule has 2 aliphatic rings. The summed E-state index contributed by atoms with van der Waals surface area (Å²) in [7, 11) is 0. The fourth-order valence-corrected chi connectivity index (χ4v) is 3.18. The van der Waals surface area contributed by atoms with E-state index in [0.29, 0.717) is 31.5 Å². The summed E-state index contributed by atoms with van der Waals surface area (Å²) in [6.45, 7) is 9.56. The fraction of sp³-hybridized carbons (Fsp3) is 0.800. The molecule has 0 amide bonds. The lowest BCUT2D eigenvalue weighted by Crippen LogP contribution is -2.50. The van der Waals surface area contributed by atoms with E-state index >= 15 is 0 Å². The summed E-state index contributed by atoms with van der Waals surface area (Å²) in [5.41, 5.74) is 1.41. The van der Waals surface area contributed by atoms with Gasteiger partial charge in [0.05, 0.1) is 19.3 Å². The Bertz CT molecular complexity index is 361. The molecule has 18 heavy (non-hydrogen) atoms. The van der Waals surface area contributed by atoms with Crippen LogP contribution in [0.5, 0.6) is 0 Å². The van der Waals surface area contributed by atoms with Gasteiger partial charge in [-0.05, 0) is 26.2 Å². The van der Waals surface area contributed by atoms with Gasteiger partial charge in [-0.1, -0.05) is 25.5 Å². The summed E-state index contributed by atoms with van der Waals surface area (Å²) in [4.78, 5) is 11.4. The van der Waals surface area contributed by atoms with Gasteiger partial charge in [0.2, 0.25) is 0 Å². The highest BCUT2D eigenvalue weighted by Crippen LogP contribution is 2.48. The first kappa shape index (κ1) is 13.6. The van der Waals surface area contributed by atoms with Gasteiger partial charge >= 0.3 is 5.97 Å². The molecule has 0 spiro atoms. The first-order valence-electron chi connectivity index (χ1n) is 6.94. The van der Waals surface area contributed by atoms with Crippen molar-refractivity contribution in [2.75, 3.05) is 13.2 Å². The van der Waals surface area contributed by atoms with E-state index in [-0.39, 0.29) is 17.5 Å². The Labute approximate surface area is 110 Å². The normalized spacial score (nSPS) is 39.1. The van der Waals surface area contributed by atoms with Gasteiger partial charge in [-0.3, -0.25) is 4.79 Å². The van der Waals surface area contributed by atoms with Crippen LogP contribution in [-0.2, 0) is 14.3 Å². The average molecular weight is 252 g/mol. The lowest BCUT2D eigenvalue weighted by molar-refractivity contribution is -0.161. The molecule has 2 rings (SSSR count). The van der Waals surface area contributed by atoms with Crippen molar-refractivity contribution >= 4 is 5.97 Å². The largest absolute Gasteiger partial charge is 0.465 e. The zero-order chi connectivity index (χ0) is 13.3. The number of carbonyl (C=O) groups excluding carboxylic acids is 1. The Balaban J connectivity index is 2.14. The van der Waals surface area contributed by atoms with Gasteiger partial charge < -0.3 is 9.47 Å². The lowest BCUT2D eigenvalue weighted by atomic mass is 9.63. The number of hydrogen-bond donors (Lipinski definition) is 0. The number of ether oxygens (including phenoxy) is 2. The van der Waals surface area contributed by atoms with Crippen molar-refractivity contribution in [3.05, 3.63) is 11.6 Å². The first-order chi connectivity index (χ1) is 8.48. The molecule has 1 heterocycles. The number of hydrogen-bond acceptors (Lipinski definition) is 3. The van der Waals surface area contributed by atoms with Gasteiger partial charge in [-0.15, -0.1) is 0 Å². The van der Waals surface area contributed by atoms with E-state index in [4.69, 9.17) is 9.47 Å². The summed E-state index contributed by atoms with van der Waals surface area (Å²) < 4.78 is 11.3. The summed E-state index contributed by atoms with van der Waals surface area (Å²) in [6.07, 6.45) is 4.14. The highest BCUT2D eigenvalue weighted by Gasteiger charge is 2.47. The zero-order valence-electron chi connectivity index (χ0n) is 11.9. The number of carbonyl (C=O) groups is 1. The van der Waals surface area contributed by atoms with E-state index in [2.05, 4.69) is 26.8 Å². The van der Waals surface area contributed by atoms with Crippen molar-refractivity contribution in [1.82, 2.24) is 0 Å². The van der Waals surface area contributed by atoms with Gasteiger partial charge in [-0.25, -0.2) is 0 Å². The van der Waals surface area contributed by atoms with Crippen LogP contribution >= 0.6 is 0 Å². The van der Waals surface area contributed by atoms with E-state index in [0.717, 1.165) is 6.42 Å². The van der Waals surface area contributed by atoms with Crippen LogP contribution in [0.2, 0.25) is 0 Å². The number of rotatable bonds is 3. The predicted molar refractivity (Wildman–Crippen MR) is 70.1 cm³/mol. The zero-order valence-corrected chi connectivity index (χ0v) is 11.9. The van der Waals surface area contributed by atoms with Crippen LogP contribution in [0, 0.1) is 17.3 Å². The van der Waals surface area contributed by atoms with Crippen molar-refractivity contribution < 1.29 is 14.3 Å². The van der Waals surface area contributed by atoms with E-state index in [9.17, 15) is 4.79 Å². The molecule has 1 fully saturated rings. The van der Waals surface area contributed by atoms with Gasteiger partial charge in [0.25, 0.3) is 0 Å². The standard InChI is InChI=1S/C15H24O3/c1-5-14(16)18-9-15-7-13(12(4)17-8-15)10(2)6-11(15)3/h6,11-13H,5,7-9H2,1-4H3/t11-,12-,13+,15+/m1/s1. The molecule has 3 nitrogen and oxygen atoms in total. The average Bonchev–Trinajstić information content (AvgIpc) is 2.36. The maximum Gasteiger partial charge on any atom is 0.305 e. The van der Waals surface area contributed by atoms with Crippen molar-refractivity contribution in [1.29, 1.82) is 0 Å². The Kier molecular flexibility index (Phi) is 3.81. The van der Waals surface area contributed by atoms with Gasteiger partial charge in [0.15, 0.2) is 0 Å². The molecule has 0 aromatic carbocycles. The monoisotopic (exact) mass is 252 g/mol. The van der Waals surface area contributed by atoms with Crippen molar-refractivity contribution in [2.45, 2.75) is 46.6 Å². The first-order valence-corrected chi connectivity index (χ1v) is 6.94. The molecule has 4 atom stereocenters. The molecule has 1 aliphatic carbocycles. The molecule has 0 aromatic heterocycles. The SMILES string of the molecule is CCC(=O)OC[C@@]12CO[C@H](C)[C@@H](C1)C(C)=C[C@H]2C. The Morgan fingerprint density at radius 2 is 2.28 bits per heavy atom. The third-order valence-electron chi connectivity index (χ3n) is 4.70. The summed E-state index contributed by atoms with van der Waals surface area (Å²) in [5.74, 6) is 0.777. The van der Waals surface area contributed by atoms with Crippen LogP contribution in [0.15, 0.2) is 11.6 Å². The molecule has 0 saturated carbocycles. The van der Waals surface area contributed by atoms with Crippen LogP contribution in [0.4, 0.5) is 0 Å². The van der Waals surface area contributed by atoms with Crippen molar-refractivity contribution in [2.24, 2.45) is 17.3 Å². The molecule has 1 saturated heterocycles. The molecule has 0 N–H and O–H groups in total. The Morgan fingerprint density at radius 1 is 1.56 bits per heavy atom. The van der Waals surface area contributed by atoms with Gasteiger partial charge in [0, 0.05) is 17.8 Å². The number of allylic oxidation sites excluding steroid dienone is 1. The van der Waals surface area contributed by atoms with Crippen LogP contribution < -0.4 is 0 Å².